The monoisotopic (exact) mass is 453 g/mol. The number of aromatic nitrogens is 1. The third kappa shape index (κ3) is 4.77. The minimum atomic E-state index is -0.116. The second-order valence-electron chi connectivity index (χ2n) is 6.88. The van der Waals surface area contributed by atoms with Gasteiger partial charge in [0.15, 0.2) is 5.13 Å². The zero-order chi connectivity index (χ0) is 21.1. The van der Waals surface area contributed by atoms with Crippen LogP contribution in [0.25, 0.3) is 16.3 Å². The second kappa shape index (κ2) is 9.07. The van der Waals surface area contributed by atoms with Crippen LogP contribution in [0.5, 0.6) is 0 Å². The first-order chi connectivity index (χ1) is 14.5. The van der Waals surface area contributed by atoms with E-state index in [1.165, 1.54) is 28.7 Å². The summed E-state index contributed by atoms with van der Waals surface area (Å²) in [7, 11) is 0. The molecule has 8 heteroatoms. The topological polar surface area (TPSA) is 62.3 Å². The molecule has 1 N–H and O–H groups in total. The highest BCUT2D eigenvalue weighted by atomic mass is 32.2. The highest BCUT2D eigenvalue weighted by Crippen LogP contribution is 2.33. The largest absolute Gasteiger partial charge is 0.302 e. The van der Waals surface area contributed by atoms with Gasteiger partial charge in [-0.15, -0.1) is 0 Å². The summed E-state index contributed by atoms with van der Waals surface area (Å²) in [6.45, 7) is 2.44. The molecule has 2 amide bonds. The summed E-state index contributed by atoms with van der Waals surface area (Å²) in [4.78, 5) is 31.6. The molecule has 5 nitrogen and oxygen atoms in total. The molecule has 0 spiro atoms. The third-order valence-corrected chi connectivity index (χ3v) is 6.90. The van der Waals surface area contributed by atoms with Crippen molar-refractivity contribution in [2.75, 3.05) is 11.9 Å². The van der Waals surface area contributed by atoms with E-state index in [9.17, 15) is 9.59 Å². The number of amides is 2. The van der Waals surface area contributed by atoms with Crippen LogP contribution in [0, 0.1) is 6.92 Å². The van der Waals surface area contributed by atoms with Gasteiger partial charge in [-0.05, 0) is 37.1 Å². The van der Waals surface area contributed by atoms with Crippen molar-refractivity contribution >= 4 is 72.9 Å². The maximum absolute atomic E-state index is 12.7. The molecule has 152 valence electrons. The normalized spacial score (nSPS) is 15.4. The first-order valence-electron chi connectivity index (χ1n) is 9.47. The third-order valence-electron chi connectivity index (χ3n) is 4.57. The zero-order valence-corrected chi connectivity index (χ0v) is 18.7. The molecule has 1 fully saturated rings. The molecule has 3 aromatic rings. The van der Waals surface area contributed by atoms with Gasteiger partial charge < -0.3 is 5.32 Å². The van der Waals surface area contributed by atoms with Gasteiger partial charge in [-0.2, -0.15) is 0 Å². The molecule has 0 unspecified atom stereocenters. The molecule has 1 saturated heterocycles. The average Bonchev–Trinajstić information content (AvgIpc) is 3.24. The molecule has 1 aromatic heterocycles. The maximum Gasteiger partial charge on any atom is 0.266 e. The smallest absolute Gasteiger partial charge is 0.266 e. The molecular formula is C22H19N3O2S3. The van der Waals surface area contributed by atoms with E-state index < -0.39 is 0 Å². The lowest BCUT2D eigenvalue weighted by molar-refractivity contribution is -0.122. The number of hydrogen-bond acceptors (Lipinski definition) is 6. The standard InChI is InChI=1S/C22H19N3O2S3/c1-14-8-10-15(11-9-14)13-18-20(27)25(22(28)30-18)12-4-7-19(26)24-21-23-16-5-2-3-6-17(16)29-21/h2-3,5-6,8-11,13H,4,7,12H2,1H3,(H,23,24,26)/b18-13+. The highest BCUT2D eigenvalue weighted by Gasteiger charge is 2.31. The Morgan fingerprint density at radius 1 is 1.20 bits per heavy atom. The number of benzene rings is 2. The molecule has 0 atom stereocenters. The first kappa shape index (κ1) is 20.7. The van der Waals surface area contributed by atoms with E-state index in [1.54, 1.807) is 4.90 Å². The number of aryl methyl sites for hydroxylation is 1. The van der Waals surface area contributed by atoms with Gasteiger partial charge in [-0.1, -0.05) is 77.3 Å². The lowest BCUT2D eigenvalue weighted by Crippen LogP contribution is -2.29. The lowest BCUT2D eigenvalue weighted by Gasteiger charge is -2.13. The first-order valence-corrected chi connectivity index (χ1v) is 11.5. The van der Waals surface area contributed by atoms with E-state index in [0.29, 0.717) is 33.7 Å². The average molecular weight is 454 g/mol. The van der Waals surface area contributed by atoms with Crippen LogP contribution >= 0.6 is 35.3 Å². The Kier molecular flexibility index (Phi) is 6.26. The number of carbonyl (C=O) groups is 2. The summed E-state index contributed by atoms with van der Waals surface area (Å²) in [5, 5.41) is 3.43. The van der Waals surface area contributed by atoms with Crippen molar-refractivity contribution in [3.63, 3.8) is 0 Å². The predicted octanol–water partition coefficient (Wildman–Crippen LogP) is 5.22. The molecule has 30 heavy (non-hydrogen) atoms. The quantitative estimate of drug-likeness (QED) is 0.409. The number of thiazole rings is 1. The fraction of sp³-hybridized carbons (Fsp3) is 0.182. The van der Waals surface area contributed by atoms with E-state index >= 15 is 0 Å². The van der Waals surface area contributed by atoms with Crippen molar-refractivity contribution in [3.05, 3.63) is 64.6 Å². The van der Waals surface area contributed by atoms with E-state index in [0.717, 1.165) is 15.8 Å². The Bertz CT molecular complexity index is 1120. The van der Waals surface area contributed by atoms with Crippen LogP contribution in [0.1, 0.15) is 24.0 Å². The SMILES string of the molecule is Cc1ccc(/C=C2/SC(=S)N(CCCC(=O)Nc3nc4ccccc4s3)C2=O)cc1. The predicted molar refractivity (Wildman–Crippen MR) is 129 cm³/mol. The minimum Gasteiger partial charge on any atom is -0.302 e. The van der Waals surface area contributed by atoms with Crippen molar-refractivity contribution in [3.8, 4) is 0 Å². The van der Waals surface area contributed by atoms with E-state index in [-0.39, 0.29) is 11.8 Å². The number of fused-ring (bicyclic) bond motifs is 1. The highest BCUT2D eigenvalue weighted by molar-refractivity contribution is 8.26. The summed E-state index contributed by atoms with van der Waals surface area (Å²) >= 11 is 8.12. The second-order valence-corrected chi connectivity index (χ2v) is 9.59. The Labute approximate surface area is 188 Å². The fourth-order valence-electron chi connectivity index (χ4n) is 3.01. The van der Waals surface area contributed by atoms with Crippen molar-refractivity contribution < 1.29 is 9.59 Å². The van der Waals surface area contributed by atoms with Crippen LogP contribution in [0.2, 0.25) is 0 Å². The van der Waals surface area contributed by atoms with Gasteiger partial charge in [0, 0.05) is 13.0 Å². The summed E-state index contributed by atoms with van der Waals surface area (Å²) in [5.74, 6) is -0.216. The van der Waals surface area contributed by atoms with Crippen LogP contribution in [0.15, 0.2) is 53.4 Å². The number of para-hydroxylation sites is 1. The molecule has 1 aliphatic rings. The van der Waals surface area contributed by atoms with Crippen LogP contribution in [0.3, 0.4) is 0 Å². The molecule has 0 bridgehead atoms. The van der Waals surface area contributed by atoms with Crippen molar-refractivity contribution in [2.45, 2.75) is 19.8 Å². The van der Waals surface area contributed by atoms with Gasteiger partial charge in [0.05, 0.1) is 15.1 Å². The van der Waals surface area contributed by atoms with Gasteiger partial charge in [0.25, 0.3) is 5.91 Å². The number of nitrogens with one attached hydrogen (secondary N) is 1. The molecule has 2 aromatic carbocycles. The minimum absolute atomic E-state index is 0.0999. The van der Waals surface area contributed by atoms with Crippen molar-refractivity contribution in [1.82, 2.24) is 9.88 Å². The lowest BCUT2D eigenvalue weighted by atomic mass is 10.1. The van der Waals surface area contributed by atoms with Gasteiger partial charge in [0.1, 0.15) is 4.32 Å². The number of anilines is 1. The van der Waals surface area contributed by atoms with E-state index in [1.807, 2.05) is 61.5 Å². The molecular weight excluding hydrogens is 434 g/mol. The fourth-order valence-corrected chi connectivity index (χ4v) is 5.20. The molecule has 0 aliphatic carbocycles. The van der Waals surface area contributed by atoms with Crippen molar-refractivity contribution in [2.24, 2.45) is 0 Å². The number of rotatable bonds is 6. The van der Waals surface area contributed by atoms with Crippen LogP contribution in [-0.4, -0.2) is 32.6 Å². The summed E-state index contributed by atoms with van der Waals surface area (Å²) in [6, 6.07) is 15.7. The van der Waals surface area contributed by atoms with Crippen LogP contribution < -0.4 is 5.32 Å². The Hall–Kier alpha value is -2.55. The summed E-state index contributed by atoms with van der Waals surface area (Å²) in [5.41, 5.74) is 3.01. The number of nitrogens with zero attached hydrogens (tertiary/aromatic N) is 2. The van der Waals surface area contributed by atoms with E-state index in [4.69, 9.17) is 12.2 Å². The van der Waals surface area contributed by atoms with Crippen LogP contribution in [0.4, 0.5) is 5.13 Å². The number of thioether (sulfide) groups is 1. The Morgan fingerprint density at radius 2 is 1.97 bits per heavy atom. The van der Waals surface area contributed by atoms with E-state index in [2.05, 4.69) is 10.3 Å². The van der Waals surface area contributed by atoms with Gasteiger partial charge in [0.2, 0.25) is 5.91 Å². The Morgan fingerprint density at radius 3 is 2.73 bits per heavy atom. The molecule has 0 saturated carbocycles. The molecule has 2 heterocycles. The summed E-state index contributed by atoms with van der Waals surface area (Å²) < 4.78 is 1.57. The zero-order valence-electron chi connectivity index (χ0n) is 16.3. The maximum atomic E-state index is 12.7. The number of hydrogen-bond donors (Lipinski definition) is 1. The number of carbonyl (C=O) groups excluding carboxylic acids is 2. The van der Waals surface area contributed by atoms with Gasteiger partial charge in [-0.25, -0.2) is 4.98 Å². The molecule has 0 radical (unpaired) electrons. The van der Waals surface area contributed by atoms with Gasteiger partial charge in [-0.3, -0.25) is 14.5 Å². The van der Waals surface area contributed by atoms with Crippen LogP contribution in [-0.2, 0) is 9.59 Å². The molecule has 4 rings (SSSR count). The number of thiocarbonyl (C=S) groups is 1. The summed E-state index contributed by atoms with van der Waals surface area (Å²) in [6.07, 6.45) is 2.68. The van der Waals surface area contributed by atoms with Gasteiger partial charge >= 0.3 is 0 Å². The molecule has 1 aliphatic heterocycles. The Balaban J connectivity index is 1.31. The van der Waals surface area contributed by atoms with Crippen molar-refractivity contribution in [1.29, 1.82) is 0 Å².